The molecule has 0 amide bonds. The van der Waals surface area contributed by atoms with Crippen molar-refractivity contribution in [2.24, 2.45) is 0 Å². The van der Waals surface area contributed by atoms with Crippen molar-refractivity contribution in [2.75, 3.05) is 0 Å². The van der Waals surface area contributed by atoms with Gasteiger partial charge in [0.15, 0.2) is 5.78 Å². The number of rotatable bonds is 3. The molecule has 0 spiro atoms. The fourth-order valence-electron chi connectivity index (χ4n) is 1.47. The van der Waals surface area contributed by atoms with Crippen LogP contribution in [0.2, 0.25) is 0 Å². The van der Waals surface area contributed by atoms with Gasteiger partial charge in [0, 0.05) is 9.26 Å². The first kappa shape index (κ1) is 12.8. The van der Waals surface area contributed by atoms with Crippen molar-refractivity contribution in [3.05, 3.63) is 34.7 Å². The number of hydrogen-bond donors (Lipinski definition) is 1. The topological polar surface area (TPSA) is 80.7 Å². The van der Waals surface area contributed by atoms with E-state index >= 15 is 0 Å². The van der Waals surface area contributed by atoms with E-state index in [9.17, 15) is 14.2 Å². The summed E-state index contributed by atoms with van der Waals surface area (Å²) in [6.45, 7) is 1.47. The number of fused-ring (bicyclic) bond motifs is 1. The van der Waals surface area contributed by atoms with E-state index in [4.69, 9.17) is 4.89 Å². The number of carbonyl (C=O) groups excluding carboxylic acids is 2. The van der Waals surface area contributed by atoms with Gasteiger partial charge in [0.05, 0.1) is 10.4 Å². The van der Waals surface area contributed by atoms with Gasteiger partial charge < -0.3 is 0 Å². The van der Waals surface area contributed by atoms with Gasteiger partial charge in [-0.2, -0.15) is 4.52 Å². The Labute approximate surface area is 107 Å². The highest BCUT2D eigenvalue weighted by atomic mass is 32.1. The predicted molar refractivity (Wildman–Crippen MR) is 67.1 cm³/mol. The van der Waals surface area contributed by atoms with E-state index in [0.29, 0.717) is 4.88 Å². The lowest BCUT2D eigenvalue weighted by atomic mass is 10.1. The summed E-state index contributed by atoms with van der Waals surface area (Å²) in [6.07, 6.45) is 0. The number of ketones is 1. The van der Waals surface area contributed by atoms with Gasteiger partial charge in [-0.3, -0.25) is 4.79 Å². The SMILES string of the molecule is CC(=O)c1cc2cc(C(=O)O[P+](=O)O)ccc2s1. The van der Waals surface area contributed by atoms with Gasteiger partial charge in [-0.1, -0.05) is 0 Å². The molecule has 0 fully saturated rings. The molecule has 5 nitrogen and oxygen atoms in total. The smallest absolute Gasteiger partial charge is 0.294 e. The van der Waals surface area contributed by atoms with Gasteiger partial charge in [-0.05, 0) is 36.6 Å². The highest BCUT2D eigenvalue weighted by Crippen LogP contribution is 2.28. The van der Waals surface area contributed by atoms with Gasteiger partial charge in [-0.25, -0.2) is 4.79 Å². The minimum absolute atomic E-state index is 0.0428. The van der Waals surface area contributed by atoms with Crippen LogP contribution in [-0.4, -0.2) is 16.6 Å². The summed E-state index contributed by atoms with van der Waals surface area (Å²) in [5.41, 5.74) is 0.174. The van der Waals surface area contributed by atoms with Crippen LogP contribution < -0.4 is 0 Å². The van der Waals surface area contributed by atoms with Gasteiger partial charge in [-0.15, -0.1) is 16.2 Å². The molecule has 2 aromatic rings. The van der Waals surface area contributed by atoms with Crippen LogP contribution in [0.5, 0.6) is 0 Å². The van der Waals surface area contributed by atoms with Gasteiger partial charge in [0.1, 0.15) is 0 Å². The zero-order valence-electron chi connectivity index (χ0n) is 9.25. The summed E-state index contributed by atoms with van der Waals surface area (Å²) in [5, 5.41) is 0.729. The Hall–Kier alpha value is -1.62. The Morgan fingerprint density at radius 3 is 2.67 bits per heavy atom. The van der Waals surface area contributed by atoms with E-state index in [1.165, 1.54) is 30.4 Å². The largest absolute Gasteiger partial charge is 0.750 e. The number of carbonyl (C=O) groups is 2. The number of thiophene rings is 1. The molecular weight excluding hydrogens is 275 g/mol. The molecular formula is C11H8O5PS+. The summed E-state index contributed by atoms with van der Waals surface area (Å²) in [7, 11) is -2.96. The van der Waals surface area contributed by atoms with Crippen molar-refractivity contribution in [3.63, 3.8) is 0 Å². The molecule has 1 aromatic heterocycles. The summed E-state index contributed by atoms with van der Waals surface area (Å²) >= 11 is 1.33. The van der Waals surface area contributed by atoms with E-state index in [1.54, 1.807) is 12.1 Å². The normalized spacial score (nSPS) is 11.3. The highest BCUT2D eigenvalue weighted by Gasteiger charge is 2.22. The molecule has 2 rings (SSSR count). The fourth-order valence-corrected chi connectivity index (χ4v) is 2.65. The lowest BCUT2D eigenvalue weighted by Crippen LogP contribution is -1.98. The third kappa shape index (κ3) is 2.61. The molecule has 0 radical (unpaired) electrons. The van der Waals surface area contributed by atoms with E-state index in [-0.39, 0.29) is 11.3 Å². The van der Waals surface area contributed by atoms with Gasteiger partial charge >= 0.3 is 14.2 Å². The molecule has 1 heterocycles. The number of Topliss-reactive ketones (excluding diaryl/α,β-unsaturated/α-hetero) is 1. The average molecular weight is 283 g/mol. The lowest BCUT2D eigenvalue weighted by Gasteiger charge is -1.93. The van der Waals surface area contributed by atoms with Crippen LogP contribution in [0.15, 0.2) is 24.3 Å². The Kier molecular flexibility index (Phi) is 3.52. The average Bonchev–Trinajstić information content (AvgIpc) is 2.70. The third-order valence-electron chi connectivity index (χ3n) is 2.26. The minimum Gasteiger partial charge on any atom is -0.294 e. The van der Waals surface area contributed by atoms with Gasteiger partial charge in [0.25, 0.3) is 0 Å². The zero-order chi connectivity index (χ0) is 13.3. The summed E-state index contributed by atoms with van der Waals surface area (Å²) < 4.78 is 15.5. The summed E-state index contributed by atoms with van der Waals surface area (Å²) in [5.74, 6) is -0.908. The van der Waals surface area contributed by atoms with Crippen molar-refractivity contribution in [2.45, 2.75) is 6.92 Å². The zero-order valence-corrected chi connectivity index (χ0v) is 11.0. The van der Waals surface area contributed by atoms with Crippen molar-refractivity contribution in [1.29, 1.82) is 0 Å². The molecule has 0 saturated heterocycles. The second kappa shape index (κ2) is 4.94. The van der Waals surface area contributed by atoms with Gasteiger partial charge in [0.2, 0.25) is 0 Å². The molecule has 1 N–H and O–H groups in total. The monoisotopic (exact) mass is 283 g/mol. The standard InChI is InChI=1S/C11H7O5PS/c1-6(12)10-5-8-4-7(2-3-9(8)18-10)11(13)16-17(14)15/h2-5H,1H3/p+1. The number of benzene rings is 1. The Bertz CT molecular complexity index is 660. The highest BCUT2D eigenvalue weighted by molar-refractivity contribution is 7.32. The first-order valence-electron chi connectivity index (χ1n) is 4.90. The predicted octanol–water partition coefficient (Wildman–Crippen LogP) is 2.91. The van der Waals surface area contributed by atoms with Crippen LogP contribution >= 0.6 is 19.6 Å². The summed E-state index contributed by atoms with van der Waals surface area (Å²) in [6, 6.07) is 6.37. The fraction of sp³-hybridized carbons (Fsp3) is 0.0909. The molecule has 1 aromatic carbocycles. The minimum atomic E-state index is -2.96. The van der Waals surface area contributed by atoms with Crippen LogP contribution in [0.3, 0.4) is 0 Å². The van der Waals surface area contributed by atoms with E-state index in [0.717, 1.165) is 10.1 Å². The van der Waals surface area contributed by atoms with E-state index in [1.807, 2.05) is 0 Å². The van der Waals surface area contributed by atoms with Crippen LogP contribution in [0, 0.1) is 0 Å². The van der Waals surface area contributed by atoms with E-state index < -0.39 is 14.2 Å². The molecule has 1 unspecified atom stereocenters. The van der Waals surface area contributed by atoms with Crippen LogP contribution in [0.25, 0.3) is 10.1 Å². The van der Waals surface area contributed by atoms with Crippen LogP contribution in [-0.2, 0) is 9.09 Å². The van der Waals surface area contributed by atoms with Crippen molar-refractivity contribution >= 4 is 41.4 Å². The van der Waals surface area contributed by atoms with Crippen LogP contribution in [0.4, 0.5) is 0 Å². The maximum Gasteiger partial charge on any atom is 0.750 e. The summed E-state index contributed by atoms with van der Waals surface area (Å²) in [4.78, 5) is 31.7. The van der Waals surface area contributed by atoms with Crippen LogP contribution in [0.1, 0.15) is 27.0 Å². The molecule has 0 bridgehead atoms. The van der Waals surface area contributed by atoms with Crippen molar-refractivity contribution in [3.8, 4) is 0 Å². The molecule has 18 heavy (non-hydrogen) atoms. The quantitative estimate of drug-likeness (QED) is 0.692. The Balaban J connectivity index is 2.40. The Morgan fingerprint density at radius 2 is 2.06 bits per heavy atom. The molecule has 92 valence electrons. The molecule has 1 atom stereocenters. The van der Waals surface area contributed by atoms with E-state index in [2.05, 4.69) is 4.52 Å². The maximum atomic E-state index is 11.4. The molecule has 0 aliphatic rings. The molecule has 0 aliphatic carbocycles. The lowest BCUT2D eigenvalue weighted by molar-refractivity contribution is 0.0730. The second-order valence-electron chi connectivity index (χ2n) is 3.54. The molecule has 0 saturated carbocycles. The molecule has 0 aliphatic heterocycles. The first-order chi connectivity index (χ1) is 8.47. The second-order valence-corrected chi connectivity index (χ2v) is 5.28. The maximum absolute atomic E-state index is 11.4. The molecule has 7 heteroatoms. The van der Waals surface area contributed by atoms with Crippen molar-refractivity contribution < 1.29 is 23.6 Å². The van der Waals surface area contributed by atoms with Crippen molar-refractivity contribution in [1.82, 2.24) is 0 Å². The Morgan fingerprint density at radius 1 is 1.33 bits per heavy atom. The number of hydrogen-bond acceptors (Lipinski definition) is 5. The first-order valence-corrected chi connectivity index (χ1v) is 6.85. The third-order valence-corrected chi connectivity index (χ3v) is 3.80.